The summed E-state index contributed by atoms with van der Waals surface area (Å²) < 4.78 is 28.5. The molecule has 0 bridgehead atoms. The zero-order chi connectivity index (χ0) is 20.5. The van der Waals surface area contributed by atoms with Crippen molar-refractivity contribution < 1.29 is 27.9 Å². The number of sulfone groups is 1. The number of ether oxygens (including phenoxy) is 1. The van der Waals surface area contributed by atoms with Crippen molar-refractivity contribution in [3.05, 3.63) is 71.3 Å². The second-order valence-corrected chi connectivity index (χ2v) is 8.44. The molecule has 0 aliphatic rings. The predicted molar refractivity (Wildman–Crippen MR) is 105 cm³/mol. The van der Waals surface area contributed by atoms with Crippen molar-refractivity contribution in [3.8, 4) is 5.75 Å². The van der Waals surface area contributed by atoms with E-state index in [-0.39, 0.29) is 17.1 Å². The van der Waals surface area contributed by atoms with E-state index in [1.54, 1.807) is 30.3 Å². The fraction of sp³-hybridized carbons (Fsp3) is 0.143. The summed E-state index contributed by atoms with van der Waals surface area (Å²) in [5.74, 6) is -0.755. The summed E-state index contributed by atoms with van der Waals surface area (Å²) in [6.45, 7) is 0. The van der Waals surface area contributed by atoms with E-state index in [2.05, 4.69) is 0 Å². The van der Waals surface area contributed by atoms with Crippen LogP contribution in [0.1, 0.15) is 21.5 Å². The van der Waals surface area contributed by atoms with E-state index in [4.69, 9.17) is 9.84 Å². The van der Waals surface area contributed by atoms with Crippen LogP contribution in [0.5, 0.6) is 5.75 Å². The maximum absolute atomic E-state index is 13.1. The highest BCUT2D eigenvalue weighted by molar-refractivity contribution is 7.90. The molecule has 28 heavy (non-hydrogen) atoms. The third-order valence-corrected chi connectivity index (χ3v) is 5.49. The Hall–Kier alpha value is -3.19. The molecule has 0 atom stereocenters. The number of hydrogen-bond donors (Lipinski definition) is 1. The van der Waals surface area contributed by atoms with Crippen molar-refractivity contribution in [1.82, 2.24) is 0 Å². The van der Waals surface area contributed by atoms with Gasteiger partial charge in [-0.1, -0.05) is 12.1 Å². The van der Waals surface area contributed by atoms with E-state index < -0.39 is 15.8 Å². The molecular formula is C21H18O6S. The fourth-order valence-electron chi connectivity index (χ4n) is 3.00. The Morgan fingerprint density at radius 1 is 1.00 bits per heavy atom. The van der Waals surface area contributed by atoms with Gasteiger partial charge < -0.3 is 9.84 Å². The quantitative estimate of drug-likeness (QED) is 0.641. The number of aliphatic carboxylic acids is 1. The summed E-state index contributed by atoms with van der Waals surface area (Å²) in [6, 6.07) is 14.2. The monoisotopic (exact) mass is 398 g/mol. The first-order chi connectivity index (χ1) is 13.2. The molecule has 0 aliphatic carbocycles. The average molecular weight is 398 g/mol. The van der Waals surface area contributed by atoms with Gasteiger partial charge in [0.2, 0.25) is 0 Å². The molecule has 7 heteroatoms. The van der Waals surface area contributed by atoms with Crippen LogP contribution in [-0.4, -0.2) is 38.6 Å². The molecule has 3 rings (SSSR count). The number of carbonyl (C=O) groups is 2. The molecule has 0 aliphatic heterocycles. The minimum atomic E-state index is -3.37. The number of carbonyl (C=O) groups excluding carboxylic acids is 1. The molecule has 3 aromatic rings. The van der Waals surface area contributed by atoms with Crippen LogP contribution in [0.2, 0.25) is 0 Å². The van der Waals surface area contributed by atoms with Gasteiger partial charge >= 0.3 is 5.97 Å². The van der Waals surface area contributed by atoms with Gasteiger partial charge in [0.05, 0.1) is 18.4 Å². The van der Waals surface area contributed by atoms with Crippen molar-refractivity contribution >= 4 is 32.4 Å². The number of benzene rings is 3. The van der Waals surface area contributed by atoms with Crippen LogP contribution in [-0.2, 0) is 21.1 Å². The van der Waals surface area contributed by atoms with Gasteiger partial charge in [0.15, 0.2) is 15.6 Å². The third-order valence-electron chi connectivity index (χ3n) is 4.37. The Morgan fingerprint density at radius 3 is 2.25 bits per heavy atom. The smallest absolute Gasteiger partial charge is 0.307 e. The van der Waals surface area contributed by atoms with Gasteiger partial charge in [-0.2, -0.15) is 0 Å². The van der Waals surface area contributed by atoms with Crippen LogP contribution in [0.15, 0.2) is 59.5 Å². The van der Waals surface area contributed by atoms with Gasteiger partial charge in [0.1, 0.15) is 5.75 Å². The molecule has 0 saturated heterocycles. The third kappa shape index (κ3) is 4.04. The molecule has 0 heterocycles. The van der Waals surface area contributed by atoms with Crippen LogP contribution in [0, 0.1) is 0 Å². The SMILES string of the molecule is COc1ccc2cc(CC(=O)O)cc(C(=O)c3ccc(S(C)(=O)=O)cc3)c2c1. The van der Waals surface area contributed by atoms with E-state index in [9.17, 15) is 18.0 Å². The molecule has 0 fully saturated rings. The molecular weight excluding hydrogens is 380 g/mol. The maximum Gasteiger partial charge on any atom is 0.307 e. The highest BCUT2D eigenvalue weighted by Gasteiger charge is 2.17. The summed E-state index contributed by atoms with van der Waals surface area (Å²) in [5, 5.41) is 10.5. The number of methoxy groups -OCH3 is 1. The first-order valence-electron chi connectivity index (χ1n) is 8.36. The molecule has 3 aromatic carbocycles. The lowest BCUT2D eigenvalue weighted by molar-refractivity contribution is -0.136. The maximum atomic E-state index is 13.1. The van der Waals surface area contributed by atoms with E-state index >= 15 is 0 Å². The molecule has 0 radical (unpaired) electrons. The molecule has 0 saturated carbocycles. The largest absolute Gasteiger partial charge is 0.497 e. The van der Waals surface area contributed by atoms with Gasteiger partial charge in [-0.05, 0) is 58.8 Å². The van der Waals surface area contributed by atoms with Crippen molar-refractivity contribution in [1.29, 1.82) is 0 Å². The number of carboxylic acid groups (broad SMARTS) is 1. The van der Waals surface area contributed by atoms with Gasteiger partial charge in [0, 0.05) is 17.4 Å². The predicted octanol–water partition coefficient (Wildman–Crippen LogP) is 3.11. The lowest BCUT2D eigenvalue weighted by Gasteiger charge is -2.11. The van der Waals surface area contributed by atoms with E-state index in [0.29, 0.717) is 27.8 Å². The van der Waals surface area contributed by atoms with Gasteiger partial charge in [-0.3, -0.25) is 9.59 Å². The van der Waals surface area contributed by atoms with Gasteiger partial charge in [-0.25, -0.2) is 8.42 Å². The first kappa shape index (κ1) is 19.6. The molecule has 6 nitrogen and oxygen atoms in total. The van der Waals surface area contributed by atoms with E-state index in [1.165, 1.54) is 31.4 Å². The molecule has 0 amide bonds. The van der Waals surface area contributed by atoms with Crippen LogP contribution >= 0.6 is 0 Å². The number of rotatable bonds is 6. The van der Waals surface area contributed by atoms with Crippen LogP contribution in [0.3, 0.4) is 0 Å². The summed E-state index contributed by atoms with van der Waals surface area (Å²) in [4.78, 5) is 24.4. The highest BCUT2D eigenvalue weighted by atomic mass is 32.2. The van der Waals surface area contributed by atoms with Crippen molar-refractivity contribution in [2.45, 2.75) is 11.3 Å². The number of ketones is 1. The Kier molecular flexibility index (Phi) is 5.20. The molecule has 0 aromatic heterocycles. The van der Waals surface area contributed by atoms with E-state index in [1.807, 2.05) is 0 Å². The highest BCUT2D eigenvalue weighted by Crippen LogP contribution is 2.28. The number of carboxylic acids is 1. The van der Waals surface area contributed by atoms with Gasteiger partial charge in [-0.15, -0.1) is 0 Å². The Labute approximate surface area is 162 Å². The zero-order valence-corrected chi connectivity index (χ0v) is 16.1. The van der Waals surface area contributed by atoms with Crippen LogP contribution in [0.4, 0.5) is 0 Å². The minimum absolute atomic E-state index is 0.121. The topological polar surface area (TPSA) is 97.7 Å². The van der Waals surface area contributed by atoms with Crippen LogP contribution in [0.25, 0.3) is 10.8 Å². The Bertz CT molecular complexity index is 1180. The number of fused-ring (bicyclic) bond motifs is 1. The lowest BCUT2D eigenvalue weighted by Crippen LogP contribution is -2.07. The number of hydrogen-bond acceptors (Lipinski definition) is 5. The molecule has 1 N–H and O–H groups in total. The Morgan fingerprint density at radius 2 is 1.68 bits per heavy atom. The summed E-state index contributed by atoms with van der Waals surface area (Å²) >= 11 is 0. The van der Waals surface area contributed by atoms with Crippen molar-refractivity contribution in [3.63, 3.8) is 0 Å². The molecule has 0 spiro atoms. The average Bonchev–Trinajstić information content (AvgIpc) is 2.65. The normalized spacial score (nSPS) is 11.4. The van der Waals surface area contributed by atoms with Crippen molar-refractivity contribution in [2.24, 2.45) is 0 Å². The zero-order valence-electron chi connectivity index (χ0n) is 15.3. The first-order valence-corrected chi connectivity index (χ1v) is 10.3. The Balaban J connectivity index is 2.15. The molecule has 0 unspecified atom stereocenters. The minimum Gasteiger partial charge on any atom is -0.497 e. The van der Waals surface area contributed by atoms with Crippen LogP contribution < -0.4 is 4.74 Å². The van der Waals surface area contributed by atoms with Crippen molar-refractivity contribution in [2.75, 3.05) is 13.4 Å². The second-order valence-electron chi connectivity index (χ2n) is 6.43. The second kappa shape index (κ2) is 7.44. The fourth-order valence-corrected chi connectivity index (χ4v) is 3.63. The summed E-state index contributed by atoms with van der Waals surface area (Å²) in [6.07, 6.45) is 0.883. The summed E-state index contributed by atoms with van der Waals surface area (Å²) in [5.41, 5.74) is 1.14. The van der Waals surface area contributed by atoms with Gasteiger partial charge in [0.25, 0.3) is 0 Å². The standard InChI is InChI=1S/C21H18O6S/c1-27-16-6-3-15-9-13(11-20(22)23)10-19(18(15)12-16)21(24)14-4-7-17(8-5-14)28(2,25)26/h3-10,12H,11H2,1-2H3,(H,22,23). The molecule has 144 valence electrons. The summed E-state index contributed by atoms with van der Waals surface area (Å²) in [7, 11) is -1.85. The van der Waals surface area contributed by atoms with E-state index in [0.717, 1.165) is 11.6 Å². The lowest BCUT2D eigenvalue weighted by atomic mass is 9.94.